The largest absolute Gasteiger partial charge is 0.424 e. The molecule has 4 aromatic rings. The molecule has 0 saturated carbocycles. The van der Waals surface area contributed by atoms with Gasteiger partial charge in [0.05, 0.1) is 6.04 Å². The Morgan fingerprint density at radius 3 is 2.63 bits per heavy atom. The quantitative estimate of drug-likeness (QED) is 0.452. The van der Waals surface area contributed by atoms with E-state index in [1.165, 1.54) is 35.6 Å². The highest BCUT2D eigenvalue weighted by molar-refractivity contribution is 7.90. The molecule has 0 spiro atoms. The third-order valence-corrected chi connectivity index (χ3v) is 7.23. The number of aromatic nitrogens is 3. The highest BCUT2D eigenvalue weighted by atomic mass is 32.2. The maximum atomic E-state index is 13.1. The van der Waals surface area contributed by atoms with Crippen LogP contribution < -0.4 is 9.46 Å². The van der Waals surface area contributed by atoms with E-state index in [4.69, 9.17) is 4.74 Å². The average molecular weight is 447 g/mol. The lowest BCUT2D eigenvalue weighted by atomic mass is 10.3. The van der Waals surface area contributed by atoms with Gasteiger partial charge in [0, 0.05) is 22.0 Å². The first-order valence-electron chi connectivity index (χ1n) is 9.24. The minimum atomic E-state index is -3.77. The monoisotopic (exact) mass is 446 g/mol. The van der Waals surface area contributed by atoms with Gasteiger partial charge in [-0.1, -0.05) is 23.3 Å². The van der Waals surface area contributed by atoms with Gasteiger partial charge in [0.25, 0.3) is 0 Å². The topological polar surface area (TPSA) is 86.1 Å². The van der Waals surface area contributed by atoms with Crippen LogP contribution in [0, 0.1) is 5.82 Å². The first-order chi connectivity index (χ1) is 14.4. The molecule has 7 nitrogen and oxygen atoms in total. The Bertz CT molecular complexity index is 1280. The molecule has 0 bridgehead atoms. The maximum absolute atomic E-state index is 13.1. The van der Waals surface area contributed by atoms with Gasteiger partial charge in [-0.2, -0.15) is 0 Å². The molecule has 0 unspecified atom stereocenters. The predicted molar refractivity (Wildman–Crippen MR) is 113 cm³/mol. The molecule has 4 rings (SSSR count). The van der Waals surface area contributed by atoms with E-state index in [0.717, 1.165) is 4.70 Å². The highest BCUT2D eigenvalue weighted by Crippen LogP contribution is 2.30. The van der Waals surface area contributed by atoms with Crippen LogP contribution in [0.4, 0.5) is 4.39 Å². The third-order valence-electron chi connectivity index (χ3n) is 4.54. The number of nitrogens with one attached hydrogen (secondary N) is 1. The zero-order valence-corrected chi connectivity index (χ0v) is 17.9. The van der Waals surface area contributed by atoms with Crippen LogP contribution in [0.2, 0.25) is 0 Å². The van der Waals surface area contributed by atoms with Gasteiger partial charge >= 0.3 is 6.01 Å². The lowest BCUT2D eigenvalue weighted by Gasteiger charge is -2.15. The lowest BCUT2D eigenvalue weighted by Crippen LogP contribution is -2.28. The van der Waals surface area contributed by atoms with Crippen molar-refractivity contribution in [2.45, 2.75) is 31.3 Å². The molecule has 1 atom stereocenters. The van der Waals surface area contributed by atoms with E-state index in [1.54, 1.807) is 22.9 Å². The van der Waals surface area contributed by atoms with Crippen molar-refractivity contribution >= 4 is 31.4 Å². The van der Waals surface area contributed by atoms with Crippen LogP contribution in [0.1, 0.15) is 25.7 Å². The minimum absolute atomic E-state index is 0.200. The number of sulfonamides is 1. The first kappa shape index (κ1) is 20.5. The third kappa shape index (κ3) is 3.93. The number of hydrogen-bond acceptors (Lipinski definition) is 6. The molecule has 30 heavy (non-hydrogen) atoms. The SMILES string of the molecule is CCn1c(Oc2ccc(F)cc2)nnc1[C@@H](C)NS(=O)(=O)c1csc2ccccc12. The zero-order valence-electron chi connectivity index (χ0n) is 16.2. The van der Waals surface area contributed by atoms with Gasteiger partial charge < -0.3 is 4.74 Å². The summed E-state index contributed by atoms with van der Waals surface area (Å²) in [5.41, 5.74) is 0. The van der Waals surface area contributed by atoms with Crippen LogP contribution in [0.25, 0.3) is 10.1 Å². The molecule has 156 valence electrons. The Kier molecular flexibility index (Phi) is 5.54. The zero-order chi connectivity index (χ0) is 21.3. The molecular weight excluding hydrogens is 427 g/mol. The molecule has 2 aromatic heterocycles. The van der Waals surface area contributed by atoms with Crippen molar-refractivity contribution in [3.8, 4) is 11.8 Å². The van der Waals surface area contributed by atoms with Gasteiger partial charge in [-0.15, -0.1) is 16.4 Å². The van der Waals surface area contributed by atoms with E-state index in [9.17, 15) is 12.8 Å². The summed E-state index contributed by atoms with van der Waals surface area (Å²) in [6.07, 6.45) is 0. The van der Waals surface area contributed by atoms with E-state index >= 15 is 0 Å². The number of benzene rings is 2. The summed E-state index contributed by atoms with van der Waals surface area (Å²) in [6.45, 7) is 4.04. The van der Waals surface area contributed by atoms with Crippen LogP contribution in [0.5, 0.6) is 11.8 Å². The summed E-state index contributed by atoms with van der Waals surface area (Å²) in [4.78, 5) is 0.236. The van der Waals surface area contributed by atoms with Crippen molar-refractivity contribution in [1.29, 1.82) is 0 Å². The Morgan fingerprint density at radius 1 is 1.17 bits per heavy atom. The number of nitrogens with zero attached hydrogens (tertiary/aromatic N) is 3. The Balaban J connectivity index is 1.59. The normalized spacial score (nSPS) is 12.9. The van der Waals surface area contributed by atoms with Crippen LogP contribution >= 0.6 is 11.3 Å². The summed E-state index contributed by atoms with van der Waals surface area (Å²) in [7, 11) is -3.77. The second kappa shape index (κ2) is 8.13. The molecule has 2 heterocycles. The summed E-state index contributed by atoms with van der Waals surface area (Å²) in [5.74, 6) is 0.449. The molecule has 2 aromatic carbocycles. The smallest absolute Gasteiger partial charge is 0.322 e. The highest BCUT2D eigenvalue weighted by Gasteiger charge is 2.26. The molecule has 0 fully saturated rings. The summed E-state index contributed by atoms with van der Waals surface area (Å²) < 4.78 is 50.0. The molecule has 0 aliphatic carbocycles. The fourth-order valence-corrected chi connectivity index (χ4v) is 5.82. The van der Waals surface area contributed by atoms with Gasteiger partial charge in [0.15, 0.2) is 5.82 Å². The number of thiophene rings is 1. The minimum Gasteiger partial charge on any atom is -0.424 e. The van der Waals surface area contributed by atoms with Crippen molar-refractivity contribution in [2.24, 2.45) is 0 Å². The van der Waals surface area contributed by atoms with Crippen LogP contribution in [0.15, 0.2) is 58.8 Å². The van der Waals surface area contributed by atoms with Crippen molar-refractivity contribution < 1.29 is 17.5 Å². The summed E-state index contributed by atoms with van der Waals surface area (Å²) in [5, 5.41) is 10.5. The molecule has 0 amide bonds. The van der Waals surface area contributed by atoms with E-state index in [-0.39, 0.29) is 16.7 Å². The summed E-state index contributed by atoms with van der Waals surface area (Å²) in [6, 6.07) is 12.4. The first-order valence-corrected chi connectivity index (χ1v) is 11.6. The average Bonchev–Trinajstić information content (AvgIpc) is 3.33. The Hall–Kier alpha value is -2.82. The number of halogens is 1. The fourth-order valence-electron chi connectivity index (χ4n) is 3.11. The van der Waals surface area contributed by atoms with Gasteiger partial charge in [0.2, 0.25) is 10.0 Å². The van der Waals surface area contributed by atoms with Crippen molar-refractivity contribution in [2.75, 3.05) is 0 Å². The molecule has 0 aliphatic heterocycles. The van der Waals surface area contributed by atoms with Gasteiger partial charge in [0.1, 0.15) is 16.5 Å². The Morgan fingerprint density at radius 2 is 1.90 bits per heavy atom. The van der Waals surface area contributed by atoms with Crippen molar-refractivity contribution in [1.82, 2.24) is 19.5 Å². The van der Waals surface area contributed by atoms with Gasteiger partial charge in [-0.05, 0) is 44.2 Å². The van der Waals surface area contributed by atoms with Crippen LogP contribution in [0.3, 0.4) is 0 Å². The van der Waals surface area contributed by atoms with E-state index < -0.39 is 16.1 Å². The van der Waals surface area contributed by atoms with Crippen LogP contribution in [-0.2, 0) is 16.6 Å². The molecule has 10 heteroatoms. The Labute approximate surface area is 177 Å². The van der Waals surface area contributed by atoms with Gasteiger partial charge in [-0.25, -0.2) is 17.5 Å². The van der Waals surface area contributed by atoms with E-state index in [1.807, 2.05) is 25.1 Å². The molecular formula is C20H19FN4O3S2. The standard InChI is InChI=1S/C20H19FN4O3S2/c1-3-25-19(22-23-20(25)28-15-10-8-14(21)9-11-15)13(2)24-30(26,27)18-12-29-17-7-5-4-6-16(17)18/h4-13,24H,3H2,1-2H3/t13-/m1/s1. The fraction of sp³-hybridized carbons (Fsp3) is 0.200. The van der Waals surface area contributed by atoms with E-state index in [0.29, 0.717) is 23.5 Å². The van der Waals surface area contributed by atoms with Gasteiger partial charge in [-0.3, -0.25) is 4.57 Å². The molecule has 1 N–H and O–H groups in total. The number of fused-ring (bicyclic) bond motifs is 1. The maximum Gasteiger partial charge on any atom is 0.322 e. The second-order valence-electron chi connectivity index (χ2n) is 6.58. The van der Waals surface area contributed by atoms with E-state index in [2.05, 4.69) is 14.9 Å². The second-order valence-corrected chi connectivity index (χ2v) is 9.17. The molecule has 0 radical (unpaired) electrons. The predicted octanol–water partition coefficient (Wildman–Crippen LogP) is 4.48. The molecule has 0 aliphatic rings. The number of hydrogen-bond donors (Lipinski definition) is 1. The van der Waals surface area contributed by atoms with Crippen molar-refractivity contribution in [3.05, 3.63) is 65.6 Å². The lowest BCUT2D eigenvalue weighted by molar-refractivity contribution is 0.407. The summed E-state index contributed by atoms with van der Waals surface area (Å²) >= 11 is 1.38. The number of rotatable bonds is 7. The number of ether oxygens (including phenoxy) is 1. The van der Waals surface area contributed by atoms with Crippen molar-refractivity contribution in [3.63, 3.8) is 0 Å². The van der Waals surface area contributed by atoms with Crippen LogP contribution in [-0.4, -0.2) is 23.2 Å². The molecule has 0 saturated heterocycles.